The highest BCUT2D eigenvalue weighted by atomic mass is 19.1. The first kappa shape index (κ1) is 36.8. The van der Waals surface area contributed by atoms with Crippen molar-refractivity contribution in [3.8, 4) is 0 Å². The molecule has 2 aromatic rings. The number of hydrogen-bond donors (Lipinski definition) is 1. The highest BCUT2D eigenvalue weighted by Crippen LogP contribution is 2.37. The molecule has 48 heavy (non-hydrogen) atoms. The highest BCUT2D eigenvalue weighted by Gasteiger charge is 2.34. The quantitative estimate of drug-likeness (QED) is 0.145. The molecule has 1 saturated heterocycles. The van der Waals surface area contributed by atoms with Crippen LogP contribution in [0, 0.1) is 11.7 Å². The summed E-state index contributed by atoms with van der Waals surface area (Å²) in [6.45, 7) is 15.9. The second-order valence-corrected chi connectivity index (χ2v) is 13.8. The van der Waals surface area contributed by atoms with E-state index in [9.17, 15) is 14.7 Å². The van der Waals surface area contributed by atoms with Crippen LogP contribution >= 0.6 is 0 Å². The number of anilines is 1. The summed E-state index contributed by atoms with van der Waals surface area (Å²) < 4.78 is 17.5. The Morgan fingerprint density at radius 1 is 1.04 bits per heavy atom. The van der Waals surface area contributed by atoms with Gasteiger partial charge in [-0.05, 0) is 86.1 Å². The summed E-state index contributed by atoms with van der Waals surface area (Å²) in [6.07, 6.45) is 16.3. The minimum absolute atomic E-state index is 0.0192. The molecule has 1 unspecified atom stereocenters. The molecule has 0 radical (unpaired) electrons. The summed E-state index contributed by atoms with van der Waals surface area (Å²) in [4.78, 5) is 38.9. The van der Waals surface area contributed by atoms with Crippen LogP contribution in [0.2, 0.25) is 0 Å². The van der Waals surface area contributed by atoms with Gasteiger partial charge in [0.15, 0.2) is 11.6 Å². The van der Waals surface area contributed by atoms with Gasteiger partial charge < -0.3 is 19.4 Å². The largest absolute Gasteiger partial charge is 0.477 e. The molecular formula is C38H52FN5O4. The van der Waals surface area contributed by atoms with Gasteiger partial charge in [0, 0.05) is 44.3 Å². The highest BCUT2D eigenvalue weighted by molar-refractivity contribution is 5.95. The molecule has 3 heterocycles. The topological polar surface area (TPSA) is 100 Å². The maximum Gasteiger partial charge on any atom is 0.341 e. The zero-order chi connectivity index (χ0) is 35.0. The summed E-state index contributed by atoms with van der Waals surface area (Å²) in [5.74, 6) is -1.91. The van der Waals surface area contributed by atoms with Crippen LogP contribution in [0.15, 0.2) is 68.8 Å². The number of oxime groups is 1. The second kappa shape index (κ2) is 16.9. The summed E-state index contributed by atoms with van der Waals surface area (Å²) in [6, 6.07) is 1.18. The third-order valence-electron chi connectivity index (χ3n) is 8.94. The molecule has 2 aromatic heterocycles. The fraction of sp³-hybridized carbons (Fsp3) is 0.526. The number of rotatable bonds is 16. The van der Waals surface area contributed by atoms with Gasteiger partial charge in [-0.25, -0.2) is 14.2 Å². The Morgan fingerprint density at radius 2 is 1.65 bits per heavy atom. The number of fused-ring (bicyclic) bond motifs is 1. The van der Waals surface area contributed by atoms with Crippen molar-refractivity contribution < 1.29 is 19.1 Å². The first-order chi connectivity index (χ1) is 22.9. The van der Waals surface area contributed by atoms with Gasteiger partial charge in [-0.1, -0.05) is 51.8 Å². The molecule has 1 aliphatic carbocycles. The van der Waals surface area contributed by atoms with Crippen LogP contribution in [0.5, 0.6) is 0 Å². The normalized spacial score (nSPS) is 17.8. The second-order valence-electron chi connectivity index (χ2n) is 13.8. The molecule has 1 N–H and O–H groups in total. The smallest absolute Gasteiger partial charge is 0.341 e. The van der Waals surface area contributed by atoms with Gasteiger partial charge in [0.05, 0.1) is 17.6 Å². The van der Waals surface area contributed by atoms with E-state index in [2.05, 4.69) is 80.9 Å². The molecule has 0 amide bonds. The maximum absolute atomic E-state index is 15.8. The summed E-state index contributed by atoms with van der Waals surface area (Å²) in [7, 11) is 1.52. The van der Waals surface area contributed by atoms with E-state index in [0.717, 1.165) is 63.4 Å². The third-order valence-corrected chi connectivity index (χ3v) is 8.94. The van der Waals surface area contributed by atoms with Crippen molar-refractivity contribution in [2.75, 3.05) is 44.7 Å². The van der Waals surface area contributed by atoms with Gasteiger partial charge in [0.1, 0.15) is 18.3 Å². The number of carbonyl (C=O) groups is 1. The zero-order valence-electron chi connectivity index (χ0n) is 29.7. The van der Waals surface area contributed by atoms with Gasteiger partial charge in [-0.15, -0.1) is 0 Å². The average molecular weight is 662 g/mol. The summed E-state index contributed by atoms with van der Waals surface area (Å²) >= 11 is 0. The Labute approximate surface area is 284 Å². The molecule has 2 fully saturated rings. The molecule has 1 saturated carbocycles. The van der Waals surface area contributed by atoms with Crippen LogP contribution in [0.4, 0.5) is 10.2 Å². The van der Waals surface area contributed by atoms with E-state index in [1.165, 1.54) is 35.6 Å². The SMILES string of the molecule is CO/N=C1\CN(c2nc3c(cc2F)c(=O)c(C(=O)O)cn3C2CC2)CC1CN(C/C=C(/C)CCC=C(C)C)C/C=C(/C)CCC=C(C)C. The van der Waals surface area contributed by atoms with Crippen LogP contribution < -0.4 is 10.3 Å². The van der Waals surface area contributed by atoms with Crippen molar-refractivity contribution in [1.29, 1.82) is 0 Å². The number of pyridine rings is 2. The third kappa shape index (κ3) is 9.98. The molecule has 0 aromatic carbocycles. The Hall–Kier alpha value is -4.05. The van der Waals surface area contributed by atoms with E-state index >= 15 is 4.39 Å². The minimum atomic E-state index is -1.33. The van der Waals surface area contributed by atoms with Crippen LogP contribution in [0.25, 0.3) is 11.0 Å². The summed E-state index contributed by atoms with van der Waals surface area (Å²) in [5.41, 5.74) is 5.35. The number of halogens is 1. The van der Waals surface area contributed by atoms with Crippen LogP contribution in [0.3, 0.4) is 0 Å². The standard InChI is InChI=1S/C38H52FN5O4/c1-25(2)10-8-12-27(5)16-18-42(19-17-28(6)13-9-11-26(3)4)21-29-22-43(24-34(29)41-48-7)37-33(39)20-31-35(45)32(38(46)47)23-44(30-14-15-30)36(31)40-37/h10-11,16-17,20,23,29-30H,8-9,12-15,18-19,21-22,24H2,1-7H3,(H,46,47)/b27-16-,28-17-,41-34+. The van der Waals surface area contributed by atoms with E-state index in [0.29, 0.717) is 25.3 Å². The lowest BCUT2D eigenvalue weighted by atomic mass is 10.1. The van der Waals surface area contributed by atoms with Crippen molar-refractivity contribution >= 4 is 28.5 Å². The van der Waals surface area contributed by atoms with Crippen LogP contribution in [-0.4, -0.2) is 71.1 Å². The average Bonchev–Trinajstić information content (AvgIpc) is 3.79. The molecule has 0 spiro atoms. The number of carboxylic acids is 1. The molecule has 10 heteroatoms. The van der Waals surface area contributed by atoms with Gasteiger partial charge in [0.2, 0.25) is 5.43 Å². The lowest BCUT2D eigenvalue weighted by molar-refractivity contribution is 0.0694. The van der Waals surface area contributed by atoms with Gasteiger partial charge in [0.25, 0.3) is 0 Å². The lowest BCUT2D eigenvalue weighted by Gasteiger charge is -2.24. The van der Waals surface area contributed by atoms with Crippen LogP contribution in [0.1, 0.15) is 96.5 Å². The number of hydrogen-bond acceptors (Lipinski definition) is 7. The van der Waals surface area contributed by atoms with Crippen molar-refractivity contribution in [2.24, 2.45) is 11.1 Å². The molecule has 9 nitrogen and oxygen atoms in total. The van der Waals surface area contributed by atoms with Crippen molar-refractivity contribution in [3.05, 3.63) is 80.5 Å². The fourth-order valence-electron chi connectivity index (χ4n) is 6.03. The Kier molecular flexibility index (Phi) is 12.9. The van der Waals surface area contributed by atoms with Crippen molar-refractivity contribution in [1.82, 2.24) is 14.5 Å². The lowest BCUT2D eigenvalue weighted by Crippen LogP contribution is -2.34. The number of nitrogens with zero attached hydrogens (tertiary/aromatic N) is 5. The predicted molar refractivity (Wildman–Crippen MR) is 193 cm³/mol. The molecule has 1 aliphatic heterocycles. The predicted octanol–water partition coefficient (Wildman–Crippen LogP) is 7.69. The molecule has 1 atom stereocenters. The van der Waals surface area contributed by atoms with E-state index in [1.54, 1.807) is 4.57 Å². The molecule has 2 aliphatic rings. The fourth-order valence-corrected chi connectivity index (χ4v) is 6.03. The number of aromatic nitrogens is 2. The van der Waals surface area contributed by atoms with Gasteiger partial charge in [-0.3, -0.25) is 9.69 Å². The van der Waals surface area contributed by atoms with Crippen molar-refractivity contribution in [3.63, 3.8) is 0 Å². The molecule has 4 rings (SSSR count). The number of aromatic carboxylic acids is 1. The van der Waals surface area contributed by atoms with E-state index in [-0.39, 0.29) is 28.7 Å². The molecular weight excluding hydrogens is 609 g/mol. The Morgan fingerprint density at radius 3 is 2.17 bits per heavy atom. The maximum atomic E-state index is 15.8. The minimum Gasteiger partial charge on any atom is -0.477 e. The Bertz CT molecular complexity index is 1650. The van der Waals surface area contributed by atoms with E-state index in [4.69, 9.17) is 4.84 Å². The summed E-state index contributed by atoms with van der Waals surface area (Å²) in [5, 5.41) is 14.0. The monoisotopic (exact) mass is 661 g/mol. The van der Waals surface area contributed by atoms with Gasteiger partial charge >= 0.3 is 5.97 Å². The van der Waals surface area contributed by atoms with Crippen LogP contribution in [-0.2, 0) is 4.84 Å². The number of carboxylic acid groups (broad SMARTS) is 1. The first-order valence-electron chi connectivity index (χ1n) is 17.0. The van der Waals surface area contributed by atoms with Gasteiger partial charge in [-0.2, -0.15) is 0 Å². The first-order valence-corrected chi connectivity index (χ1v) is 17.0. The van der Waals surface area contributed by atoms with Crippen molar-refractivity contribution in [2.45, 2.75) is 86.1 Å². The number of allylic oxidation sites excluding steroid dienone is 6. The molecule has 0 bridgehead atoms. The zero-order valence-corrected chi connectivity index (χ0v) is 29.7. The molecule has 260 valence electrons. The van der Waals surface area contributed by atoms with E-state index in [1.807, 2.05) is 4.90 Å². The Balaban J connectivity index is 1.60. The van der Waals surface area contributed by atoms with E-state index < -0.39 is 17.2 Å².